The van der Waals surface area contributed by atoms with Gasteiger partial charge in [0.15, 0.2) is 5.54 Å². The highest BCUT2D eigenvalue weighted by atomic mass is 32.1. The van der Waals surface area contributed by atoms with Gasteiger partial charge in [-0.25, -0.2) is 4.79 Å². The number of nitrogens with one attached hydrogen (secondary N) is 2. The standard InChI is InChI=1S/C15H21N3O3S/c1-4-10(5-2)16-12(19)9-18-13(20)15(3,17-14(18)21)11-7-6-8-22-11/h6-8,10H,4-5,9H2,1-3H3,(H,16,19)(H,17,21)/t15-/m1/s1. The summed E-state index contributed by atoms with van der Waals surface area (Å²) in [5, 5.41) is 7.37. The van der Waals surface area contributed by atoms with E-state index in [-0.39, 0.29) is 24.4 Å². The van der Waals surface area contributed by atoms with Crippen molar-refractivity contribution < 1.29 is 14.4 Å². The van der Waals surface area contributed by atoms with Crippen LogP contribution in [0, 0.1) is 0 Å². The molecule has 0 bridgehead atoms. The van der Waals surface area contributed by atoms with Gasteiger partial charge in [0.2, 0.25) is 5.91 Å². The number of urea groups is 1. The highest BCUT2D eigenvalue weighted by molar-refractivity contribution is 7.10. The number of hydrogen-bond donors (Lipinski definition) is 2. The van der Waals surface area contributed by atoms with Crippen molar-refractivity contribution in [2.45, 2.75) is 45.2 Å². The maximum Gasteiger partial charge on any atom is 0.325 e. The fourth-order valence-corrected chi connectivity index (χ4v) is 3.32. The first-order valence-corrected chi connectivity index (χ1v) is 8.27. The van der Waals surface area contributed by atoms with Crippen LogP contribution in [0.2, 0.25) is 0 Å². The zero-order valence-electron chi connectivity index (χ0n) is 13.0. The molecule has 2 heterocycles. The quantitative estimate of drug-likeness (QED) is 0.784. The minimum Gasteiger partial charge on any atom is -0.352 e. The van der Waals surface area contributed by atoms with E-state index < -0.39 is 11.6 Å². The van der Waals surface area contributed by atoms with E-state index >= 15 is 0 Å². The van der Waals surface area contributed by atoms with Gasteiger partial charge in [-0.2, -0.15) is 0 Å². The summed E-state index contributed by atoms with van der Waals surface area (Å²) in [5.74, 6) is -0.702. The van der Waals surface area contributed by atoms with Crippen LogP contribution in [0.4, 0.5) is 4.79 Å². The summed E-state index contributed by atoms with van der Waals surface area (Å²) in [4.78, 5) is 38.4. The molecule has 1 atom stereocenters. The molecule has 1 aliphatic heterocycles. The number of hydrogen-bond acceptors (Lipinski definition) is 4. The number of thiophene rings is 1. The molecule has 22 heavy (non-hydrogen) atoms. The van der Waals surface area contributed by atoms with Gasteiger partial charge in [0.05, 0.1) is 0 Å². The summed E-state index contributed by atoms with van der Waals surface area (Å²) < 4.78 is 0. The highest BCUT2D eigenvalue weighted by Gasteiger charge is 2.50. The average Bonchev–Trinajstić information content (AvgIpc) is 3.09. The summed E-state index contributed by atoms with van der Waals surface area (Å²) in [6.45, 7) is 5.38. The van der Waals surface area contributed by atoms with Crippen molar-refractivity contribution in [1.82, 2.24) is 15.5 Å². The Morgan fingerprint density at radius 2 is 2.09 bits per heavy atom. The van der Waals surface area contributed by atoms with Gasteiger partial charge in [-0.1, -0.05) is 19.9 Å². The average molecular weight is 323 g/mol. The minimum atomic E-state index is -1.08. The van der Waals surface area contributed by atoms with Gasteiger partial charge in [-0.15, -0.1) is 11.3 Å². The summed E-state index contributed by atoms with van der Waals surface area (Å²) in [7, 11) is 0. The van der Waals surface area contributed by atoms with Crippen molar-refractivity contribution >= 4 is 29.2 Å². The Labute approximate surface area is 133 Å². The van der Waals surface area contributed by atoms with Gasteiger partial charge in [0.25, 0.3) is 5.91 Å². The molecule has 0 unspecified atom stereocenters. The van der Waals surface area contributed by atoms with Crippen LogP contribution < -0.4 is 10.6 Å². The van der Waals surface area contributed by atoms with Gasteiger partial charge < -0.3 is 10.6 Å². The Morgan fingerprint density at radius 3 is 2.64 bits per heavy atom. The van der Waals surface area contributed by atoms with Gasteiger partial charge in [0, 0.05) is 10.9 Å². The summed E-state index contributed by atoms with van der Waals surface area (Å²) in [6.07, 6.45) is 1.63. The van der Waals surface area contributed by atoms with E-state index in [4.69, 9.17) is 0 Å². The monoisotopic (exact) mass is 323 g/mol. The Kier molecular flexibility index (Phi) is 4.85. The lowest BCUT2D eigenvalue weighted by atomic mass is 10.0. The number of amides is 4. The normalized spacial score (nSPS) is 21.4. The van der Waals surface area contributed by atoms with E-state index in [0.717, 1.165) is 22.6 Å². The second-order valence-electron chi connectivity index (χ2n) is 5.50. The van der Waals surface area contributed by atoms with E-state index in [9.17, 15) is 14.4 Å². The van der Waals surface area contributed by atoms with Crippen LogP contribution >= 0.6 is 11.3 Å². The first kappa shape index (κ1) is 16.5. The number of carbonyl (C=O) groups excluding carboxylic acids is 3. The van der Waals surface area contributed by atoms with Crippen LogP contribution in [-0.2, 0) is 15.1 Å². The van der Waals surface area contributed by atoms with Crippen molar-refractivity contribution in [3.63, 3.8) is 0 Å². The molecule has 0 saturated carbocycles. The smallest absolute Gasteiger partial charge is 0.325 e. The molecule has 0 spiro atoms. The zero-order chi connectivity index (χ0) is 16.3. The van der Waals surface area contributed by atoms with E-state index in [1.165, 1.54) is 11.3 Å². The first-order chi connectivity index (χ1) is 10.4. The zero-order valence-corrected chi connectivity index (χ0v) is 13.8. The van der Waals surface area contributed by atoms with E-state index in [1.807, 2.05) is 25.3 Å². The fraction of sp³-hybridized carbons (Fsp3) is 0.533. The minimum absolute atomic E-state index is 0.0666. The van der Waals surface area contributed by atoms with Crippen molar-refractivity contribution in [3.8, 4) is 0 Å². The molecule has 120 valence electrons. The second-order valence-corrected chi connectivity index (χ2v) is 6.45. The molecule has 2 N–H and O–H groups in total. The summed E-state index contributed by atoms with van der Waals surface area (Å²) >= 11 is 1.40. The maximum absolute atomic E-state index is 12.6. The van der Waals surface area contributed by atoms with Crippen LogP contribution in [0.3, 0.4) is 0 Å². The van der Waals surface area contributed by atoms with Gasteiger partial charge in [-0.3, -0.25) is 14.5 Å². The van der Waals surface area contributed by atoms with Gasteiger partial charge >= 0.3 is 6.03 Å². The molecule has 1 aliphatic rings. The molecule has 1 aromatic heterocycles. The third-order valence-corrected chi connectivity index (χ3v) is 5.03. The van der Waals surface area contributed by atoms with Crippen molar-refractivity contribution in [2.75, 3.05) is 6.54 Å². The SMILES string of the molecule is CCC(CC)NC(=O)CN1C(=O)N[C@](C)(c2cccs2)C1=O. The molecule has 1 fully saturated rings. The van der Waals surface area contributed by atoms with E-state index in [2.05, 4.69) is 10.6 Å². The predicted molar refractivity (Wildman–Crippen MR) is 84.4 cm³/mol. The lowest BCUT2D eigenvalue weighted by molar-refractivity contribution is -0.135. The highest BCUT2D eigenvalue weighted by Crippen LogP contribution is 2.31. The second kappa shape index (κ2) is 6.48. The molecule has 2 rings (SSSR count). The molecular weight excluding hydrogens is 302 g/mol. The molecular formula is C15H21N3O3S. The van der Waals surface area contributed by atoms with Crippen molar-refractivity contribution in [1.29, 1.82) is 0 Å². The third-order valence-electron chi connectivity index (χ3n) is 3.94. The lowest BCUT2D eigenvalue weighted by Gasteiger charge is -2.20. The van der Waals surface area contributed by atoms with Crippen LogP contribution in [0.25, 0.3) is 0 Å². The van der Waals surface area contributed by atoms with Crippen LogP contribution in [0.15, 0.2) is 17.5 Å². The Hall–Kier alpha value is -1.89. The Morgan fingerprint density at radius 1 is 1.41 bits per heavy atom. The van der Waals surface area contributed by atoms with Crippen LogP contribution in [-0.4, -0.2) is 35.3 Å². The molecule has 4 amide bonds. The largest absolute Gasteiger partial charge is 0.352 e. The van der Waals surface area contributed by atoms with E-state index in [1.54, 1.807) is 13.0 Å². The number of nitrogens with zero attached hydrogens (tertiary/aromatic N) is 1. The van der Waals surface area contributed by atoms with Crippen LogP contribution in [0.5, 0.6) is 0 Å². The summed E-state index contributed by atoms with van der Waals surface area (Å²) in [5.41, 5.74) is -1.08. The number of carbonyl (C=O) groups is 3. The van der Waals surface area contributed by atoms with Crippen molar-refractivity contribution in [2.24, 2.45) is 0 Å². The van der Waals surface area contributed by atoms with Crippen molar-refractivity contribution in [3.05, 3.63) is 22.4 Å². The lowest BCUT2D eigenvalue weighted by Crippen LogP contribution is -2.45. The molecule has 1 saturated heterocycles. The molecule has 1 aromatic rings. The number of rotatable bonds is 6. The van der Waals surface area contributed by atoms with E-state index in [0.29, 0.717) is 0 Å². The first-order valence-electron chi connectivity index (χ1n) is 7.39. The topological polar surface area (TPSA) is 78.5 Å². The van der Waals surface area contributed by atoms with Crippen LogP contribution in [0.1, 0.15) is 38.5 Å². The third kappa shape index (κ3) is 2.99. The number of imide groups is 1. The van der Waals surface area contributed by atoms with Gasteiger partial charge in [-0.05, 0) is 31.2 Å². The maximum atomic E-state index is 12.6. The molecule has 0 aromatic carbocycles. The Bertz CT molecular complexity index is 569. The molecule has 0 radical (unpaired) electrons. The molecule has 7 heteroatoms. The molecule has 0 aliphatic carbocycles. The predicted octanol–water partition coefficient (Wildman–Crippen LogP) is 1.82. The molecule has 6 nitrogen and oxygen atoms in total. The Balaban J connectivity index is 2.08. The fourth-order valence-electron chi connectivity index (χ4n) is 2.48. The summed E-state index contributed by atoms with van der Waals surface area (Å²) in [6, 6.07) is 3.17. The van der Waals surface area contributed by atoms with Gasteiger partial charge in [0.1, 0.15) is 6.54 Å².